The molecule has 1 aromatic carbocycles. The maximum absolute atomic E-state index is 13.4. The number of carbonyl (C=O) groups excluding carboxylic acids is 1. The second-order valence-electron chi connectivity index (χ2n) is 8.55. The van der Waals surface area contributed by atoms with E-state index in [0.29, 0.717) is 24.3 Å². The van der Waals surface area contributed by atoms with Crippen molar-refractivity contribution in [1.29, 1.82) is 0 Å². The van der Waals surface area contributed by atoms with E-state index in [2.05, 4.69) is 11.9 Å². The number of benzene rings is 1. The van der Waals surface area contributed by atoms with Crippen molar-refractivity contribution in [2.45, 2.75) is 80.4 Å². The summed E-state index contributed by atoms with van der Waals surface area (Å²) in [5, 5.41) is 2.95. The fourth-order valence-electron chi connectivity index (χ4n) is 4.99. The lowest BCUT2D eigenvalue weighted by atomic mass is 9.70. The summed E-state index contributed by atoms with van der Waals surface area (Å²) in [4.78, 5) is 12.0. The van der Waals surface area contributed by atoms with Crippen LogP contribution in [0.25, 0.3) is 0 Å². The first kappa shape index (κ1) is 20.4. The Balaban J connectivity index is 1.49. The number of hydrogen-bond acceptors (Lipinski definition) is 4. The van der Waals surface area contributed by atoms with Crippen LogP contribution in [0.2, 0.25) is 0 Å². The minimum atomic E-state index is -3.59. The van der Waals surface area contributed by atoms with Crippen LogP contribution >= 0.6 is 0 Å². The molecule has 3 aliphatic rings. The van der Waals surface area contributed by atoms with Gasteiger partial charge >= 0.3 is 0 Å². The van der Waals surface area contributed by atoms with E-state index < -0.39 is 10.0 Å². The molecule has 7 heteroatoms. The van der Waals surface area contributed by atoms with Crippen molar-refractivity contribution >= 4 is 15.9 Å². The number of piperidine rings is 1. The molecule has 3 fully saturated rings. The highest BCUT2D eigenvalue weighted by atomic mass is 32.2. The molecular weight excluding hydrogens is 388 g/mol. The molecule has 4 rings (SSSR count). The Bertz CT molecular complexity index is 855. The molecule has 1 saturated heterocycles. The standard InChI is InChI=1S/C22H30N2O4S/c1-2-21(25)23-17-12-15-24(22(16-17)13-5-14-22)29(26,27)20-10-8-19(9-11-20)28-18-6-3-4-7-18/h2,8-11,17-18H,1,3-7,12-16H2,(H,23,25). The van der Waals surface area contributed by atoms with E-state index >= 15 is 0 Å². The first-order valence-corrected chi connectivity index (χ1v) is 12.1. The molecule has 6 nitrogen and oxygen atoms in total. The molecule has 2 aliphatic carbocycles. The predicted octanol–water partition coefficient (Wildman–Crippen LogP) is 3.39. The summed E-state index contributed by atoms with van der Waals surface area (Å²) in [6.45, 7) is 3.92. The maximum Gasteiger partial charge on any atom is 0.243 e. The second-order valence-corrected chi connectivity index (χ2v) is 10.4. The highest BCUT2D eigenvalue weighted by Gasteiger charge is 2.51. The highest BCUT2D eigenvalue weighted by molar-refractivity contribution is 7.89. The van der Waals surface area contributed by atoms with E-state index in [-0.39, 0.29) is 23.6 Å². The zero-order chi connectivity index (χ0) is 20.5. The van der Waals surface area contributed by atoms with Crippen LogP contribution in [0.15, 0.2) is 41.8 Å². The minimum absolute atomic E-state index is 0.00515. The zero-order valence-electron chi connectivity index (χ0n) is 16.8. The minimum Gasteiger partial charge on any atom is -0.490 e. The van der Waals surface area contributed by atoms with E-state index in [4.69, 9.17) is 4.74 Å². The van der Waals surface area contributed by atoms with Crippen LogP contribution in [0, 0.1) is 0 Å². The summed E-state index contributed by atoms with van der Waals surface area (Å²) in [6.07, 6.45) is 10.0. The predicted molar refractivity (Wildman–Crippen MR) is 111 cm³/mol. The van der Waals surface area contributed by atoms with Crippen molar-refractivity contribution in [2.75, 3.05) is 6.54 Å². The summed E-state index contributed by atoms with van der Waals surface area (Å²) < 4.78 is 34.5. The number of rotatable bonds is 6. The largest absolute Gasteiger partial charge is 0.490 e. The van der Waals surface area contributed by atoms with Crippen LogP contribution in [0.5, 0.6) is 5.75 Å². The van der Waals surface area contributed by atoms with Gasteiger partial charge in [-0.25, -0.2) is 8.42 Å². The lowest BCUT2D eigenvalue weighted by Gasteiger charge is -2.54. The van der Waals surface area contributed by atoms with Crippen molar-refractivity contribution in [3.8, 4) is 5.75 Å². The van der Waals surface area contributed by atoms with Gasteiger partial charge in [-0.3, -0.25) is 4.79 Å². The number of hydrogen-bond donors (Lipinski definition) is 1. The summed E-state index contributed by atoms with van der Waals surface area (Å²) >= 11 is 0. The Morgan fingerprint density at radius 1 is 1.14 bits per heavy atom. The Morgan fingerprint density at radius 3 is 2.41 bits per heavy atom. The summed E-state index contributed by atoms with van der Waals surface area (Å²) in [7, 11) is -3.59. The molecule has 0 aromatic heterocycles. The molecule has 158 valence electrons. The van der Waals surface area contributed by atoms with Gasteiger partial charge in [-0.15, -0.1) is 0 Å². The Labute approximate surface area is 173 Å². The smallest absolute Gasteiger partial charge is 0.243 e. The number of amides is 1. The fraction of sp³-hybridized carbons (Fsp3) is 0.591. The number of nitrogens with zero attached hydrogens (tertiary/aromatic N) is 1. The average Bonchev–Trinajstić information content (AvgIpc) is 3.20. The van der Waals surface area contributed by atoms with Gasteiger partial charge in [0.25, 0.3) is 0 Å². The van der Waals surface area contributed by atoms with Crippen LogP contribution in [0.4, 0.5) is 0 Å². The van der Waals surface area contributed by atoms with Crippen molar-refractivity contribution < 1.29 is 17.9 Å². The van der Waals surface area contributed by atoms with Crippen LogP contribution in [0.1, 0.15) is 57.8 Å². The summed E-state index contributed by atoms with van der Waals surface area (Å²) in [6, 6.07) is 6.87. The van der Waals surface area contributed by atoms with Crippen LogP contribution in [-0.2, 0) is 14.8 Å². The van der Waals surface area contributed by atoms with Gasteiger partial charge in [0.1, 0.15) is 5.75 Å². The molecule has 1 aromatic rings. The van der Waals surface area contributed by atoms with Gasteiger partial charge in [0.2, 0.25) is 15.9 Å². The van der Waals surface area contributed by atoms with Gasteiger partial charge in [0, 0.05) is 18.1 Å². The highest BCUT2D eigenvalue weighted by Crippen LogP contribution is 2.47. The summed E-state index contributed by atoms with van der Waals surface area (Å²) in [5.74, 6) is 0.540. The van der Waals surface area contributed by atoms with Gasteiger partial charge in [-0.2, -0.15) is 4.31 Å². The summed E-state index contributed by atoms with van der Waals surface area (Å²) in [5.41, 5.74) is -0.380. The first-order chi connectivity index (χ1) is 13.9. The van der Waals surface area contributed by atoms with Gasteiger partial charge in [-0.1, -0.05) is 6.58 Å². The average molecular weight is 419 g/mol. The van der Waals surface area contributed by atoms with Crippen molar-refractivity contribution in [2.24, 2.45) is 0 Å². The monoisotopic (exact) mass is 418 g/mol. The van der Waals surface area contributed by atoms with Crippen molar-refractivity contribution in [1.82, 2.24) is 9.62 Å². The van der Waals surface area contributed by atoms with Crippen LogP contribution < -0.4 is 10.1 Å². The van der Waals surface area contributed by atoms with Gasteiger partial charge in [0.05, 0.1) is 11.0 Å². The number of ether oxygens (including phenoxy) is 1. The third-order valence-corrected chi connectivity index (χ3v) is 8.69. The molecule has 0 radical (unpaired) electrons. The lowest BCUT2D eigenvalue weighted by Crippen LogP contribution is -2.63. The molecule has 1 N–H and O–H groups in total. The van der Waals surface area contributed by atoms with Crippen LogP contribution in [0.3, 0.4) is 0 Å². The van der Waals surface area contributed by atoms with Gasteiger partial charge in [-0.05, 0) is 88.1 Å². The molecule has 1 amide bonds. The maximum atomic E-state index is 13.4. The third-order valence-electron chi connectivity index (χ3n) is 6.67. The molecule has 1 aliphatic heterocycles. The molecular formula is C22H30N2O4S. The Morgan fingerprint density at radius 2 is 1.83 bits per heavy atom. The quantitative estimate of drug-likeness (QED) is 0.719. The third kappa shape index (κ3) is 4.08. The van der Waals surface area contributed by atoms with E-state index in [1.54, 1.807) is 28.6 Å². The Kier molecular flexibility index (Phi) is 5.71. The molecule has 1 unspecified atom stereocenters. The van der Waals surface area contributed by atoms with Crippen molar-refractivity contribution in [3.05, 3.63) is 36.9 Å². The van der Waals surface area contributed by atoms with Gasteiger partial charge < -0.3 is 10.1 Å². The fourth-order valence-corrected chi connectivity index (χ4v) is 6.83. The van der Waals surface area contributed by atoms with E-state index in [9.17, 15) is 13.2 Å². The molecule has 29 heavy (non-hydrogen) atoms. The molecule has 1 atom stereocenters. The second kappa shape index (κ2) is 8.11. The molecule has 1 spiro atoms. The number of nitrogens with one attached hydrogen (secondary N) is 1. The first-order valence-electron chi connectivity index (χ1n) is 10.7. The molecule has 1 heterocycles. The van der Waals surface area contributed by atoms with E-state index in [1.165, 1.54) is 18.9 Å². The van der Waals surface area contributed by atoms with Crippen LogP contribution in [-0.4, -0.2) is 42.9 Å². The number of carbonyl (C=O) groups is 1. The Hall–Kier alpha value is -1.86. The normalized spacial score (nSPS) is 24.8. The molecule has 0 bridgehead atoms. The molecule has 2 saturated carbocycles. The SMILES string of the molecule is C=CC(=O)NC1CCN(S(=O)(=O)c2ccc(OC3CCCC3)cc2)C2(CCC2)C1. The van der Waals surface area contributed by atoms with E-state index in [1.807, 2.05) is 0 Å². The van der Waals surface area contributed by atoms with Crippen molar-refractivity contribution in [3.63, 3.8) is 0 Å². The lowest BCUT2D eigenvalue weighted by molar-refractivity contribution is -0.117. The zero-order valence-corrected chi connectivity index (χ0v) is 17.6. The van der Waals surface area contributed by atoms with Gasteiger partial charge in [0.15, 0.2) is 0 Å². The number of sulfonamides is 1. The van der Waals surface area contributed by atoms with E-state index in [0.717, 1.165) is 37.9 Å². The topological polar surface area (TPSA) is 75.7 Å².